The number of hydrogen-bond donors (Lipinski definition) is 0. The van der Waals surface area contributed by atoms with Gasteiger partial charge in [0, 0.05) is 18.9 Å². The normalized spacial score (nSPS) is 17.9. The van der Waals surface area contributed by atoms with Gasteiger partial charge in [0.2, 0.25) is 0 Å². The highest BCUT2D eigenvalue weighted by atomic mass is 32.1. The second kappa shape index (κ2) is 6.67. The third kappa shape index (κ3) is 2.93. The number of likely N-dealkylation sites (tertiary alicyclic amines) is 1. The van der Waals surface area contributed by atoms with Crippen LogP contribution in [0.1, 0.15) is 29.5 Å². The summed E-state index contributed by atoms with van der Waals surface area (Å²) in [6.07, 6.45) is 6.22. The summed E-state index contributed by atoms with van der Waals surface area (Å²) in [5.74, 6) is 0. The molecule has 4 aromatic rings. The van der Waals surface area contributed by atoms with Crippen molar-refractivity contribution in [2.24, 2.45) is 0 Å². The lowest BCUT2D eigenvalue weighted by molar-refractivity contribution is 0.248. The lowest BCUT2D eigenvalue weighted by Gasteiger charge is -2.22. The molecule has 1 aliphatic heterocycles. The maximum absolute atomic E-state index is 4.90. The Balaban J connectivity index is 1.36. The Morgan fingerprint density at radius 3 is 2.73 bits per heavy atom. The van der Waals surface area contributed by atoms with Crippen molar-refractivity contribution in [3.63, 3.8) is 0 Å². The number of thiazole rings is 1. The van der Waals surface area contributed by atoms with Gasteiger partial charge >= 0.3 is 0 Å². The van der Waals surface area contributed by atoms with E-state index in [1.54, 1.807) is 6.20 Å². The van der Waals surface area contributed by atoms with Crippen molar-refractivity contribution in [2.45, 2.75) is 25.4 Å². The minimum atomic E-state index is 0.443. The van der Waals surface area contributed by atoms with Gasteiger partial charge in [-0.25, -0.2) is 9.67 Å². The first kappa shape index (κ1) is 15.7. The fraction of sp³-hybridized carbons (Fsp3) is 0.238. The van der Waals surface area contributed by atoms with Gasteiger partial charge in [-0.2, -0.15) is 5.10 Å². The summed E-state index contributed by atoms with van der Waals surface area (Å²) < 4.78 is 3.18. The quantitative estimate of drug-likeness (QED) is 0.523. The third-order valence-corrected chi connectivity index (χ3v) is 6.19. The SMILES string of the molecule is c1ccc2sc([C@H]3CCCN3Cc3ccc(-n4cccn4)cc3)nc2c1. The summed E-state index contributed by atoms with van der Waals surface area (Å²) >= 11 is 1.85. The van der Waals surface area contributed by atoms with E-state index in [1.165, 1.54) is 28.1 Å². The van der Waals surface area contributed by atoms with E-state index in [9.17, 15) is 0 Å². The number of aromatic nitrogens is 3. The molecule has 0 saturated carbocycles. The first-order valence-corrected chi connectivity index (χ1v) is 9.87. The van der Waals surface area contributed by atoms with Crippen molar-refractivity contribution < 1.29 is 0 Å². The lowest BCUT2D eigenvalue weighted by Crippen LogP contribution is -2.22. The highest BCUT2D eigenvalue weighted by Gasteiger charge is 2.28. The Morgan fingerprint density at radius 1 is 1.04 bits per heavy atom. The van der Waals surface area contributed by atoms with E-state index >= 15 is 0 Å². The smallest absolute Gasteiger partial charge is 0.111 e. The first-order valence-electron chi connectivity index (χ1n) is 9.05. The topological polar surface area (TPSA) is 34.0 Å². The molecule has 0 N–H and O–H groups in total. The Kier molecular flexibility index (Phi) is 4.03. The summed E-state index contributed by atoms with van der Waals surface area (Å²) in [7, 11) is 0. The summed E-state index contributed by atoms with van der Waals surface area (Å²) in [5.41, 5.74) is 3.57. The predicted octanol–water partition coefficient (Wildman–Crippen LogP) is 4.82. The van der Waals surface area contributed by atoms with Crippen LogP contribution in [0.15, 0.2) is 67.0 Å². The molecule has 130 valence electrons. The van der Waals surface area contributed by atoms with Gasteiger partial charge in [0.05, 0.1) is 21.9 Å². The van der Waals surface area contributed by atoms with E-state index in [4.69, 9.17) is 4.98 Å². The Hall–Kier alpha value is -2.50. The average Bonchev–Trinajstić information content (AvgIpc) is 3.42. The first-order chi connectivity index (χ1) is 12.9. The summed E-state index contributed by atoms with van der Waals surface area (Å²) in [4.78, 5) is 7.47. The van der Waals surface area contributed by atoms with Crippen molar-refractivity contribution in [1.29, 1.82) is 0 Å². The zero-order chi connectivity index (χ0) is 17.3. The van der Waals surface area contributed by atoms with Gasteiger partial charge in [-0.1, -0.05) is 24.3 Å². The fourth-order valence-electron chi connectivity index (χ4n) is 3.74. The lowest BCUT2D eigenvalue weighted by atomic mass is 10.1. The molecule has 0 unspecified atom stereocenters. The van der Waals surface area contributed by atoms with Crippen LogP contribution in [0.25, 0.3) is 15.9 Å². The van der Waals surface area contributed by atoms with Crippen molar-refractivity contribution in [3.05, 3.63) is 77.6 Å². The maximum Gasteiger partial charge on any atom is 0.111 e. The number of benzene rings is 2. The molecular weight excluding hydrogens is 340 g/mol. The fourth-order valence-corrected chi connectivity index (χ4v) is 4.87. The van der Waals surface area contributed by atoms with E-state index in [2.05, 4.69) is 58.5 Å². The van der Waals surface area contributed by atoms with Gasteiger partial charge < -0.3 is 0 Å². The maximum atomic E-state index is 4.90. The molecule has 0 radical (unpaired) electrons. The average molecular weight is 360 g/mol. The van der Waals surface area contributed by atoms with Crippen molar-refractivity contribution >= 4 is 21.6 Å². The van der Waals surface area contributed by atoms with Crippen molar-refractivity contribution in [1.82, 2.24) is 19.7 Å². The van der Waals surface area contributed by atoms with Gasteiger partial charge in [0.15, 0.2) is 0 Å². The molecule has 2 aromatic heterocycles. The molecule has 0 aliphatic carbocycles. The van der Waals surface area contributed by atoms with Crippen molar-refractivity contribution in [2.75, 3.05) is 6.54 Å². The highest BCUT2D eigenvalue weighted by Crippen LogP contribution is 2.37. The van der Waals surface area contributed by atoms with E-state index in [0.29, 0.717) is 6.04 Å². The Labute approximate surface area is 156 Å². The molecule has 1 saturated heterocycles. The minimum absolute atomic E-state index is 0.443. The molecule has 0 bridgehead atoms. The molecule has 0 amide bonds. The molecule has 1 atom stereocenters. The molecule has 3 heterocycles. The number of fused-ring (bicyclic) bond motifs is 1. The number of para-hydroxylation sites is 1. The second-order valence-electron chi connectivity index (χ2n) is 6.77. The molecule has 26 heavy (non-hydrogen) atoms. The summed E-state index contributed by atoms with van der Waals surface area (Å²) in [5, 5.41) is 5.55. The Bertz CT molecular complexity index is 971. The van der Waals surface area contributed by atoms with Gasteiger partial charge in [-0.3, -0.25) is 4.90 Å². The number of nitrogens with zero attached hydrogens (tertiary/aromatic N) is 4. The van der Waals surface area contributed by atoms with Gasteiger partial charge in [0.25, 0.3) is 0 Å². The van der Waals surface area contributed by atoms with E-state index in [0.717, 1.165) is 24.3 Å². The molecule has 5 rings (SSSR count). The minimum Gasteiger partial charge on any atom is -0.290 e. The van der Waals surface area contributed by atoms with Crippen LogP contribution in [0.4, 0.5) is 0 Å². The molecule has 0 spiro atoms. The zero-order valence-corrected chi connectivity index (χ0v) is 15.3. The van der Waals surface area contributed by atoms with E-state index in [1.807, 2.05) is 28.3 Å². The van der Waals surface area contributed by atoms with Crippen LogP contribution >= 0.6 is 11.3 Å². The van der Waals surface area contributed by atoms with Crippen LogP contribution in [0.2, 0.25) is 0 Å². The summed E-state index contributed by atoms with van der Waals surface area (Å²) in [6.45, 7) is 2.11. The van der Waals surface area contributed by atoms with Crippen LogP contribution in [0.3, 0.4) is 0 Å². The van der Waals surface area contributed by atoms with Crippen LogP contribution in [-0.2, 0) is 6.54 Å². The molecule has 1 fully saturated rings. The second-order valence-corrected chi connectivity index (χ2v) is 7.83. The monoisotopic (exact) mass is 360 g/mol. The van der Waals surface area contributed by atoms with Gasteiger partial charge in [0.1, 0.15) is 5.01 Å². The zero-order valence-electron chi connectivity index (χ0n) is 14.5. The third-order valence-electron chi connectivity index (χ3n) is 5.05. The number of rotatable bonds is 4. The highest BCUT2D eigenvalue weighted by molar-refractivity contribution is 7.18. The molecule has 5 heteroatoms. The van der Waals surface area contributed by atoms with Crippen LogP contribution in [0, 0.1) is 0 Å². The van der Waals surface area contributed by atoms with Crippen LogP contribution in [-0.4, -0.2) is 26.2 Å². The largest absolute Gasteiger partial charge is 0.290 e. The van der Waals surface area contributed by atoms with Gasteiger partial charge in [-0.05, 0) is 55.3 Å². The van der Waals surface area contributed by atoms with Crippen LogP contribution < -0.4 is 0 Å². The van der Waals surface area contributed by atoms with E-state index < -0.39 is 0 Å². The predicted molar refractivity (Wildman–Crippen MR) is 106 cm³/mol. The standard InChI is InChI=1S/C21H20N4S/c1-2-7-20-18(5-1)23-21(26-20)19-6-3-13-24(19)15-16-8-10-17(11-9-16)25-14-4-12-22-25/h1-2,4-5,7-12,14,19H,3,6,13,15H2/t19-/m1/s1. The van der Waals surface area contributed by atoms with Crippen molar-refractivity contribution in [3.8, 4) is 5.69 Å². The number of hydrogen-bond acceptors (Lipinski definition) is 4. The molecule has 2 aromatic carbocycles. The van der Waals surface area contributed by atoms with Gasteiger partial charge in [-0.15, -0.1) is 11.3 Å². The summed E-state index contributed by atoms with van der Waals surface area (Å²) in [6, 6.07) is 19.6. The molecule has 1 aliphatic rings. The van der Waals surface area contributed by atoms with E-state index in [-0.39, 0.29) is 0 Å². The van der Waals surface area contributed by atoms with Crippen LogP contribution in [0.5, 0.6) is 0 Å². The molecule has 4 nitrogen and oxygen atoms in total. The Morgan fingerprint density at radius 2 is 1.92 bits per heavy atom. The molecular formula is C21H20N4S.